The normalized spacial score (nSPS) is 25.6. The molecule has 1 fully saturated rings. The zero-order valence-corrected chi connectivity index (χ0v) is 12.8. The number of ether oxygens (including phenoxy) is 1. The fourth-order valence-corrected chi connectivity index (χ4v) is 4.51. The van der Waals surface area contributed by atoms with Crippen molar-refractivity contribution in [3.63, 3.8) is 0 Å². The van der Waals surface area contributed by atoms with E-state index in [0.29, 0.717) is 17.8 Å². The third-order valence-electron chi connectivity index (χ3n) is 5.45. The van der Waals surface area contributed by atoms with E-state index >= 15 is 0 Å². The molecule has 22 heavy (non-hydrogen) atoms. The maximum atomic E-state index is 11.1. The molecule has 0 aromatic heterocycles. The van der Waals surface area contributed by atoms with Crippen LogP contribution in [0.25, 0.3) is 0 Å². The van der Waals surface area contributed by atoms with Crippen LogP contribution in [0.1, 0.15) is 58.1 Å². The average Bonchev–Trinajstić information content (AvgIpc) is 3.15. The molecule has 4 rings (SSSR count). The van der Waals surface area contributed by atoms with Crippen molar-refractivity contribution in [2.45, 2.75) is 31.1 Å². The molecule has 0 amide bonds. The van der Waals surface area contributed by atoms with Crippen LogP contribution >= 0.6 is 0 Å². The molecular formula is C20H20O2. The molecule has 3 unspecified atom stereocenters. The molecule has 0 saturated heterocycles. The first kappa shape index (κ1) is 13.6. The molecule has 3 atom stereocenters. The van der Waals surface area contributed by atoms with Gasteiger partial charge >= 0.3 is 0 Å². The van der Waals surface area contributed by atoms with Crippen molar-refractivity contribution in [3.05, 3.63) is 64.7 Å². The van der Waals surface area contributed by atoms with Gasteiger partial charge in [0.15, 0.2) is 0 Å². The molecule has 0 aliphatic heterocycles. The second-order valence-electron chi connectivity index (χ2n) is 6.46. The number of hydrogen-bond acceptors (Lipinski definition) is 2. The second-order valence-corrected chi connectivity index (χ2v) is 6.46. The maximum absolute atomic E-state index is 11.1. The molecule has 2 heteroatoms. The van der Waals surface area contributed by atoms with Crippen molar-refractivity contribution in [2.24, 2.45) is 5.92 Å². The number of carbonyl (C=O) groups excluding carboxylic acids is 1. The Morgan fingerprint density at radius 3 is 2.59 bits per heavy atom. The Kier molecular flexibility index (Phi) is 3.25. The van der Waals surface area contributed by atoms with Gasteiger partial charge in [0, 0.05) is 11.5 Å². The van der Waals surface area contributed by atoms with E-state index in [4.69, 9.17) is 4.74 Å². The van der Waals surface area contributed by atoms with Crippen LogP contribution in [0.2, 0.25) is 0 Å². The lowest BCUT2D eigenvalue weighted by Gasteiger charge is -2.20. The minimum Gasteiger partial charge on any atom is -0.497 e. The van der Waals surface area contributed by atoms with Gasteiger partial charge in [0.2, 0.25) is 0 Å². The van der Waals surface area contributed by atoms with Gasteiger partial charge in [-0.2, -0.15) is 0 Å². The van der Waals surface area contributed by atoms with Crippen LogP contribution < -0.4 is 4.74 Å². The molecule has 112 valence electrons. The first-order valence-electron chi connectivity index (χ1n) is 8.05. The van der Waals surface area contributed by atoms with Crippen LogP contribution in [-0.2, 0) is 0 Å². The Balaban J connectivity index is 1.80. The summed E-state index contributed by atoms with van der Waals surface area (Å²) in [7, 11) is 1.70. The molecule has 2 nitrogen and oxygen atoms in total. The smallest absolute Gasteiger partial charge is 0.150 e. The quantitative estimate of drug-likeness (QED) is 0.776. The molecule has 0 radical (unpaired) electrons. The lowest BCUT2D eigenvalue weighted by molar-refractivity contribution is 0.112. The van der Waals surface area contributed by atoms with Gasteiger partial charge in [-0.25, -0.2) is 0 Å². The fourth-order valence-electron chi connectivity index (χ4n) is 4.51. The Morgan fingerprint density at radius 1 is 1.05 bits per heavy atom. The highest BCUT2D eigenvalue weighted by Gasteiger charge is 2.43. The second kappa shape index (κ2) is 5.28. The number of benzene rings is 2. The van der Waals surface area contributed by atoms with E-state index in [1.807, 2.05) is 6.07 Å². The van der Waals surface area contributed by atoms with E-state index < -0.39 is 0 Å². The van der Waals surface area contributed by atoms with Crippen molar-refractivity contribution in [3.8, 4) is 5.75 Å². The Hall–Kier alpha value is -2.09. The predicted molar refractivity (Wildman–Crippen MR) is 86.7 cm³/mol. The highest BCUT2D eigenvalue weighted by Crippen LogP contribution is 2.57. The van der Waals surface area contributed by atoms with Gasteiger partial charge in [-0.15, -0.1) is 0 Å². The lowest BCUT2D eigenvalue weighted by Crippen LogP contribution is -2.08. The molecule has 1 saturated carbocycles. The number of hydrogen-bond donors (Lipinski definition) is 0. The minimum atomic E-state index is 0.467. The van der Waals surface area contributed by atoms with Crippen molar-refractivity contribution >= 4 is 6.29 Å². The van der Waals surface area contributed by atoms with E-state index in [1.165, 1.54) is 36.0 Å². The Bertz CT molecular complexity index is 702. The SMILES string of the molecule is COc1ccc(C2c3ccc(C=O)cc3C3CCCC32)cc1. The molecule has 0 N–H and O–H groups in total. The van der Waals surface area contributed by atoms with E-state index in [9.17, 15) is 4.79 Å². The molecular weight excluding hydrogens is 272 g/mol. The van der Waals surface area contributed by atoms with Gasteiger partial charge in [0.05, 0.1) is 7.11 Å². The summed E-state index contributed by atoms with van der Waals surface area (Å²) >= 11 is 0. The molecule has 0 spiro atoms. The average molecular weight is 292 g/mol. The monoisotopic (exact) mass is 292 g/mol. The van der Waals surface area contributed by atoms with Crippen LogP contribution in [0.15, 0.2) is 42.5 Å². The van der Waals surface area contributed by atoms with Crippen molar-refractivity contribution < 1.29 is 9.53 Å². The fraction of sp³-hybridized carbons (Fsp3) is 0.350. The number of methoxy groups -OCH3 is 1. The van der Waals surface area contributed by atoms with Crippen LogP contribution in [0.4, 0.5) is 0 Å². The Morgan fingerprint density at radius 2 is 1.86 bits per heavy atom. The number of rotatable bonds is 3. The topological polar surface area (TPSA) is 26.3 Å². The Labute approximate surface area is 131 Å². The zero-order valence-electron chi connectivity index (χ0n) is 12.8. The highest BCUT2D eigenvalue weighted by molar-refractivity contribution is 5.76. The third-order valence-corrected chi connectivity index (χ3v) is 5.45. The molecule has 2 aliphatic carbocycles. The minimum absolute atomic E-state index is 0.467. The van der Waals surface area contributed by atoms with Gasteiger partial charge in [0.25, 0.3) is 0 Å². The summed E-state index contributed by atoms with van der Waals surface area (Å²) in [5.41, 5.74) is 5.01. The number of fused-ring (bicyclic) bond motifs is 3. The third kappa shape index (κ3) is 1.98. The van der Waals surface area contributed by atoms with Gasteiger partial charge in [-0.3, -0.25) is 4.79 Å². The first-order chi connectivity index (χ1) is 10.8. The first-order valence-corrected chi connectivity index (χ1v) is 8.05. The van der Waals surface area contributed by atoms with E-state index in [2.05, 4.69) is 36.4 Å². The van der Waals surface area contributed by atoms with Crippen molar-refractivity contribution in [1.82, 2.24) is 0 Å². The largest absolute Gasteiger partial charge is 0.497 e. The van der Waals surface area contributed by atoms with Crippen LogP contribution in [0.5, 0.6) is 5.75 Å². The lowest BCUT2D eigenvalue weighted by atomic mass is 9.84. The maximum Gasteiger partial charge on any atom is 0.150 e. The summed E-state index contributed by atoms with van der Waals surface area (Å²) in [6.45, 7) is 0. The summed E-state index contributed by atoms with van der Waals surface area (Å²) in [6.07, 6.45) is 4.80. The summed E-state index contributed by atoms with van der Waals surface area (Å²) < 4.78 is 5.28. The predicted octanol–water partition coefficient (Wildman–Crippen LogP) is 4.54. The molecule has 0 bridgehead atoms. The van der Waals surface area contributed by atoms with E-state index in [1.54, 1.807) is 7.11 Å². The van der Waals surface area contributed by atoms with Crippen molar-refractivity contribution in [2.75, 3.05) is 7.11 Å². The summed E-state index contributed by atoms with van der Waals surface area (Å²) in [4.78, 5) is 11.1. The van der Waals surface area contributed by atoms with Gasteiger partial charge in [-0.1, -0.05) is 30.7 Å². The summed E-state index contributed by atoms with van der Waals surface area (Å²) in [6, 6.07) is 14.8. The number of aldehydes is 1. The summed E-state index contributed by atoms with van der Waals surface area (Å²) in [5, 5.41) is 0. The highest BCUT2D eigenvalue weighted by atomic mass is 16.5. The van der Waals surface area contributed by atoms with Gasteiger partial charge < -0.3 is 4.74 Å². The summed E-state index contributed by atoms with van der Waals surface area (Å²) in [5.74, 6) is 2.68. The van der Waals surface area contributed by atoms with Crippen LogP contribution in [0.3, 0.4) is 0 Å². The van der Waals surface area contributed by atoms with Crippen molar-refractivity contribution in [1.29, 1.82) is 0 Å². The van der Waals surface area contributed by atoms with Gasteiger partial charge in [-0.05, 0) is 59.6 Å². The van der Waals surface area contributed by atoms with Crippen LogP contribution in [-0.4, -0.2) is 13.4 Å². The molecule has 2 aliphatic rings. The standard InChI is InChI=1S/C20H20O2/c1-22-15-8-6-14(7-9-15)20-17-4-2-3-16(17)19-11-13(12-21)5-10-18(19)20/h5-12,16-17,20H,2-4H2,1H3. The van der Waals surface area contributed by atoms with E-state index in [-0.39, 0.29) is 0 Å². The van der Waals surface area contributed by atoms with Gasteiger partial charge in [0.1, 0.15) is 12.0 Å². The molecule has 2 aromatic carbocycles. The molecule has 2 aromatic rings. The van der Waals surface area contributed by atoms with E-state index in [0.717, 1.165) is 17.6 Å². The van der Waals surface area contributed by atoms with Crippen LogP contribution in [0, 0.1) is 5.92 Å². The number of carbonyl (C=O) groups is 1. The zero-order chi connectivity index (χ0) is 15.1. The molecule has 0 heterocycles.